The van der Waals surface area contributed by atoms with Crippen LogP contribution >= 0.6 is 11.6 Å². The van der Waals surface area contributed by atoms with E-state index in [1.807, 2.05) is 24.3 Å². The average molecular weight is 261 g/mol. The standard InChI is InChI=1S/C14H13ClN2O/c1-8-6-12(8)17-14(18)11-7-16-13(15)10-5-3-2-4-9(10)11/h2-5,7-8,12H,6H2,1H3,(H,17,18). The third kappa shape index (κ3) is 1.95. The third-order valence-corrected chi connectivity index (χ3v) is 3.72. The summed E-state index contributed by atoms with van der Waals surface area (Å²) in [6.07, 6.45) is 2.61. The van der Waals surface area contributed by atoms with Gasteiger partial charge in [-0.2, -0.15) is 0 Å². The zero-order valence-corrected chi connectivity index (χ0v) is 10.7. The first-order valence-corrected chi connectivity index (χ1v) is 6.38. The number of amides is 1. The molecule has 1 aliphatic rings. The SMILES string of the molecule is CC1CC1NC(=O)c1cnc(Cl)c2ccccc12. The fraction of sp³-hybridized carbons (Fsp3) is 0.286. The predicted molar refractivity (Wildman–Crippen MR) is 71.8 cm³/mol. The van der Waals surface area contributed by atoms with Crippen molar-refractivity contribution in [2.24, 2.45) is 5.92 Å². The van der Waals surface area contributed by atoms with Gasteiger partial charge in [-0.25, -0.2) is 4.98 Å². The summed E-state index contributed by atoms with van der Waals surface area (Å²) in [7, 11) is 0. The Morgan fingerprint density at radius 2 is 2.06 bits per heavy atom. The number of rotatable bonds is 2. The predicted octanol–water partition coefficient (Wildman–Crippen LogP) is 3.03. The number of carbonyl (C=O) groups is 1. The van der Waals surface area contributed by atoms with Crippen molar-refractivity contribution in [1.82, 2.24) is 10.3 Å². The molecule has 1 heterocycles. The Labute approximate surface area is 110 Å². The van der Waals surface area contributed by atoms with Crippen molar-refractivity contribution in [2.75, 3.05) is 0 Å². The molecule has 2 atom stereocenters. The van der Waals surface area contributed by atoms with Crippen LogP contribution in [-0.2, 0) is 0 Å². The Hall–Kier alpha value is -1.61. The number of nitrogens with zero attached hydrogens (tertiary/aromatic N) is 1. The van der Waals surface area contributed by atoms with E-state index in [2.05, 4.69) is 17.2 Å². The van der Waals surface area contributed by atoms with Gasteiger partial charge in [-0.1, -0.05) is 42.8 Å². The van der Waals surface area contributed by atoms with Crippen LogP contribution in [-0.4, -0.2) is 16.9 Å². The maximum absolute atomic E-state index is 12.2. The molecule has 3 nitrogen and oxygen atoms in total. The molecule has 3 rings (SSSR count). The van der Waals surface area contributed by atoms with Crippen molar-refractivity contribution in [3.63, 3.8) is 0 Å². The molecule has 1 aromatic carbocycles. The molecule has 1 aromatic heterocycles. The molecule has 2 unspecified atom stereocenters. The van der Waals surface area contributed by atoms with E-state index in [0.29, 0.717) is 22.7 Å². The van der Waals surface area contributed by atoms with Gasteiger partial charge in [-0.15, -0.1) is 0 Å². The molecule has 4 heteroatoms. The van der Waals surface area contributed by atoms with Crippen molar-refractivity contribution in [2.45, 2.75) is 19.4 Å². The summed E-state index contributed by atoms with van der Waals surface area (Å²) in [6.45, 7) is 2.13. The topological polar surface area (TPSA) is 42.0 Å². The van der Waals surface area contributed by atoms with Gasteiger partial charge in [0, 0.05) is 17.6 Å². The number of fused-ring (bicyclic) bond motifs is 1. The minimum absolute atomic E-state index is 0.0651. The maximum Gasteiger partial charge on any atom is 0.253 e. The number of carbonyl (C=O) groups excluding carboxylic acids is 1. The van der Waals surface area contributed by atoms with Crippen LogP contribution in [0.5, 0.6) is 0 Å². The van der Waals surface area contributed by atoms with Gasteiger partial charge < -0.3 is 5.32 Å². The van der Waals surface area contributed by atoms with E-state index >= 15 is 0 Å². The smallest absolute Gasteiger partial charge is 0.253 e. The van der Waals surface area contributed by atoms with Crippen LogP contribution in [0.15, 0.2) is 30.5 Å². The summed E-state index contributed by atoms with van der Waals surface area (Å²) in [6, 6.07) is 7.87. The molecule has 2 aromatic rings. The van der Waals surface area contributed by atoms with E-state index in [1.165, 1.54) is 0 Å². The lowest BCUT2D eigenvalue weighted by atomic mass is 10.1. The van der Waals surface area contributed by atoms with Gasteiger partial charge in [0.15, 0.2) is 0 Å². The summed E-state index contributed by atoms with van der Waals surface area (Å²) in [5.74, 6) is 0.519. The van der Waals surface area contributed by atoms with Gasteiger partial charge in [0.05, 0.1) is 5.56 Å². The third-order valence-electron chi connectivity index (χ3n) is 3.42. The Morgan fingerprint density at radius 1 is 1.39 bits per heavy atom. The van der Waals surface area contributed by atoms with Gasteiger partial charge in [0.25, 0.3) is 5.91 Å². The average Bonchev–Trinajstić information content (AvgIpc) is 3.05. The number of hydrogen-bond acceptors (Lipinski definition) is 2. The number of aromatic nitrogens is 1. The molecule has 1 amide bonds. The van der Waals surface area contributed by atoms with Crippen LogP contribution in [0.4, 0.5) is 0 Å². The highest BCUT2D eigenvalue weighted by molar-refractivity contribution is 6.34. The van der Waals surface area contributed by atoms with Crippen LogP contribution in [0.25, 0.3) is 10.8 Å². The summed E-state index contributed by atoms with van der Waals surface area (Å²) >= 11 is 6.03. The normalized spacial score (nSPS) is 21.9. The van der Waals surface area contributed by atoms with Gasteiger partial charge in [0.1, 0.15) is 5.15 Å². The van der Waals surface area contributed by atoms with Crippen LogP contribution < -0.4 is 5.32 Å². The lowest BCUT2D eigenvalue weighted by Crippen LogP contribution is -2.26. The lowest BCUT2D eigenvalue weighted by Gasteiger charge is -2.08. The first-order valence-electron chi connectivity index (χ1n) is 6.01. The van der Waals surface area contributed by atoms with Crippen LogP contribution in [0.3, 0.4) is 0 Å². The molecular formula is C14H13ClN2O. The first-order chi connectivity index (χ1) is 8.66. The number of halogens is 1. The molecule has 92 valence electrons. The molecule has 0 saturated heterocycles. The minimum atomic E-state index is -0.0651. The van der Waals surface area contributed by atoms with Crippen molar-refractivity contribution in [3.05, 3.63) is 41.2 Å². The van der Waals surface area contributed by atoms with Crippen LogP contribution in [0, 0.1) is 5.92 Å². The van der Waals surface area contributed by atoms with E-state index < -0.39 is 0 Å². The second-order valence-corrected chi connectivity index (χ2v) is 5.16. The van der Waals surface area contributed by atoms with Gasteiger partial charge in [-0.05, 0) is 17.7 Å². The lowest BCUT2D eigenvalue weighted by molar-refractivity contribution is 0.0950. The molecule has 1 fully saturated rings. The fourth-order valence-electron chi connectivity index (χ4n) is 2.11. The summed E-state index contributed by atoms with van der Waals surface area (Å²) < 4.78 is 0. The second-order valence-electron chi connectivity index (χ2n) is 4.80. The molecular weight excluding hydrogens is 248 g/mol. The zero-order valence-electron chi connectivity index (χ0n) is 9.98. The van der Waals surface area contributed by atoms with Gasteiger partial charge in [0.2, 0.25) is 0 Å². The molecule has 0 aliphatic heterocycles. The number of benzene rings is 1. The molecule has 0 bridgehead atoms. The zero-order chi connectivity index (χ0) is 12.7. The molecule has 0 radical (unpaired) electrons. The van der Waals surface area contributed by atoms with Gasteiger partial charge >= 0.3 is 0 Å². The van der Waals surface area contributed by atoms with E-state index in [4.69, 9.17) is 11.6 Å². The maximum atomic E-state index is 12.2. The number of pyridine rings is 1. The Kier molecular flexibility index (Phi) is 2.71. The van der Waals surface area contributed by atoms with Crippen LogP contribution in [0.2, 0.25) is 5.15 Å². The van der Waals surface area contributed by atoms with Crippen molar-refractivity contribution >= 4 is 28.3 Å². The van der Waals surface area contributed by atoms with Crippen molar-refractivity contribution < 1.29 is 4.79 Å². The Balaban J connectivity index is 2.01. The monoisotopic (exact) mass is 260 g/mol. The summed E-state index contributed by atoms with van der Waals surface area (Å²) in [5.41, 5.74) is 0.592. The Bertz CT molecular complexity index is 626. The van der Waals surface area contributed by atoms with E-state index in [-0.39, 0.29) is 5.91 Å². The van der Waals surface area contributed by atoms with Crippen molar-refractivity contribution in [3.8, 4) is 0 Å². The summed E-state index contributed by atoms with van der Waals surface area (Å²) in [5, 5.41) is 5.11. The highest BCUT2D eigenvalue weighted by Crippen LogP contribution is 2.30. The number of nitrogens with one attached hydrogen (secondary N) is 1. The molecule has 1 saturated carbocycles. The highest BCUT2D eigenvalue weighted by Gasteiger charge is 2.34. The highest BCUT2D eigenvalue weighted by atomic mass is 35.5. The van der Waals surface area contributed by atoms with E-state index in [9.17, 15) is 4.79 Å². The quantitative estimate of drug-likeness (QED) is 0.844. The minimum Gasteiger partial charge on any atom is -0.349 e. The fourth-order valence-corrected chi connectivity index (χ4v) is 2.32. The first kappa shape index (κ1) is 11.5. The van der Waals surface area contributed by atoms with E-state index in [0.717, 1.165) is 17.2 Å². The van der Waals surface area contributed by atoms with Gasteiger partial charge in [-0.3, -0.25) is 4.79 Å². The molecule has 0 spiro atoms. The number of hydrogen-bond donors (Lipinski definition) is 1. The molecule has 1 N–H and O–H groups in total. The van der Waals surface area contributed by atoms with Crippen LogP contribution in [0.1, 0.15) is 23.7 Å². The Morgan fingerprint density at radius 3 is 2.72 bits per heavy atom. The molecule has 18 heavy (non-hydrogen) atoms. The largest absolute Gasteiger partial charge is 0.349 e. The van der Waals surface area contributed by atoms with Crippen molar-refractivity contribution in [1.29, 1.82) is 0 Å². The van der Waals surface area contributed by atoms with E-state index in [1.54, 1.807) is 6.20 Å². The summed E-state index contributed by atoms with van der Waals surface area (Å²) in [4.78, 5) is 16.3. The second kappa shape index (κ2) is 4.25. The molecule has 1 aliphatic carbocycles.